The Hall–Kier alpha value is -1.80. The molecule has 0 saturated carbocycles. The Kier molecular flexibility index (Phi) is 4.80. The first-order valence-corrected chi connectivity index (χ1v) is 7.27. The molecule has 0 heterocycles. The number of anilines is 1. The van der Waals surface area contributed by atoms with E-state index in [0.29, 0.717) is 6.54 Å². The van der Waals surface area contributed by atoms with E-state index in [-0.39, 0.29) is 5.54 Å². The lowest BCUT2D eigenvalue weighted by Crippen LogP contribution is -2.47. The maximum absolute atomic E-state index is 6.10. The molecule has 2 rings (SSSR count). The van der Waals surface area contributed by atoms with Gasteiger partial charge in [0.1, 0.15) is 0 Å². The molecule has 0 amide bonds. The molecule has 2 aromatic carbocycles. The first kappa shape index (κ1) is 14.6. The summed E-state index contributed by atoms with van der Waals surface area (Å²) in [6.45, 7) is 4.94. The van der Waals surface area contributed by atoms with Gasteiger partial charge < -0.3 is 11.1 Å². The van der Waals surface area contributed by atoms with Crippen LogP contribution in [-0.2, 0) is 6.42 Å². The first-order valence-electron chi connectivity index (χ1n) is 7.27. The molecule has 106 valence electrons. The van der Waals surface area contributed by atoms with Gasteiger partial charge >= 0.3 is 0 Å². The highest BCUT2D eigenvalue weighted by Crippen LogP contribution is 2.24. The van der Waals surface area contributed by atoms with E-state index in [1.54, 1.807) is 0 Å². The summed E-state index contributed by atoms with van der Waals surface area (Å²) in [5, 5.41) is 3.68. The standard InChI is InChI=1S/C18H24N2/c1-3-18(14-19,13-16-10-5-4-6-11-16)20-17-12-8-7-9-15(17)2/h4-12,20H,3,13-14,19H2,1-2H3. The van der Waals surface area contributed by atoms with E-state index in [4.69, 9.17) is 5.73 Å². The molecule has 0 aliphatic carbocycles. The van der Waals surface area contributed by atoms with Gasteiger partial charge in [-0.25, -0.2) is 0 Å². The summed E-state index contributed by atoms with van der Waals surface area (Å²) in [5.74, 6) is 0. The van der Waals surface area contributed by atoms with E-state index in [0.717, 1.165) is 12.8 Å². The fraction of sp³-hybridized carbons (Fsp3) is 0.333. The van der Waals surface area contributed by atoms with Gasteiger partial charge in [-0.3, -0.25) is 0 Å². The molecule has 2 nitrogen and oxygen atoms in total. The number of nitrogens with one attached hydrogen (secondary N) is 1. The van der Waals surface area contributed by atoms with Crippen LogP contribution in [0.3, 0.4) is 0 Å². The maximum Gasteiger partial charge on any atom is 0.0533 e. The number of nitrogens with two attached hydrogens (primary N) is 1. The summed E-state index contributed by atoms with van der Waals surface area (Å²) in [6, 6.07) is 18.9. The zero-order valence-electron chi connectivity index (χ0n) is 12.4. The fourth-order valence-electron chi connectivity index (χ4n) is 2.51. The van der Waals surface area contributed by atoms with Gasteiger partial charge in [0.25, 0.3) is 0 Å². The van der Waals surface area contributed by atoms with Crippen molar-refractivity contribution in [2.75, 3.05) is 11.9 Å². The molecule has 1 unspecified atom stereocenters. The second kappa shape index (κ2) is 6.58. The highest BCUT2D eigenvalue weighted by Gasteiger charge is 2.27. The van der Waals surface area contributed by atoms with E-state index in [1.165, 1.54) is 16.8 Å². The average molecular weight is 268 g/mol. The van der Waals surface area contributed by atoms with Crippen LogP contribution in [0.1, 0.15) is 24.5 Å². The van der Waals surface area contributed by atoms with Gasteiger partial charge in [0, 0.05) is 12.2 Å². The van der Waals surface area contributed by atoms with Crippen molar-refractivity contribution < 1.29 is 0 Å². The Morgan fingerprint density at radius 2 is 1.65 bits per heavy atom. The molecular formula is C18H24N2. The van der Waals surface area contributed by atoms with Crippen molar-refractivity contribution in [2.24, 2.45) is 5.73 Å². The lowest BCUT2D eigenvalue weighted by molar-refractivity contribution is 0.457. The highest BCUT2D eigenvalue weighted by atomic mass is 15.0. The average Bonchev–Trinajstić information content (AvgIpc) is 2.50. The van der Waals surface area contributed by atoms with Gasteiger partial charge in [0.05, 0.1) is 5.54 Å². The minimum atomic E-state index is -0.0898. The predicted octanol–water partition coefficient (Wildman–Crippen LogP) is 3.76. The lowest BCUT2D eigenvalue weighted by atomic mass is 9.87. The van der Waals surface area contributed by atoms with Crippen molar-refractivity contribution in [2.45, 2.75) is 32.2 Å². The largest absolute Gasteiger partial charge is 0.378 e. The molecular weight excluding hydrogens is 244 g/mol. The van der Waals surface area contributed by atoms with Crippen LogP contribution in [0.4, 0.5) is 5.69 Å². The number of hydrogen-bond donors (Lipinski definition) is 2. The van der Waals surface area contributed by atoms with E-state index >= 15 is 0 Å². The fourth-order valence-corrected chi connectivity index (χ4v) is 2.51. The van der Waals surface area contributed by atoms with Crippen molar-refractivity contribution in [1.82, 2.24) is 0 Å². The Morgan fingerprint density at radius 3 is 2.25 bits per heavy atom. The third kappa shape index (κ3) is 3.40. The molecule has 0 fully saturated rings. The Balaban J connectivity index is 2.23. The minimum Gasteiger partial charge on any atom is -0.378 e. The van der Waals surface area contributed by atoms with E-state index in [1.807, 2.05) is 6.07 Å². The van der Waals surface area contributed by atoms with E-state index < -0.39 is 0 Å². The Labute approximate surface area is 122 Å². The van der Waals surface area contributed by atoms with E-state index in [9.17, 15) is 0 Å². The van der Waals surface area contributed by atoms with Gasteiger partial charge in [-0.2, -0.15) is 0 Å². The number of aryl methyl sites for hydroxylation is 1. The third-order valence-corrected chi connectivity index (χ3v) is 4.00. The summed E-state index contributed by atoms with van der Waals surface area (Å²) in [4.78, 5) is 0. The molecule has 2 aromatic rings. The van der Waals surface area contributed by atoms with Crippen LogP contribution in [0.25, 0.3) is 0 Å². The molecule has 0 radical (unpaired) electrons. The molecule has 0 spiro atoms. The topological polar surface area (TPSA) is 38.0 Å². The van der Waals surface area contributed by atoms with Crippen LogP contribution in [0.5, 0.6) is 0 Å². The minimum absolute atomic E-state index is 0.0898. The van der Waals surface area contributed by atoms with Gasteiger partial charge in [0.2, 0.25) is 0 Å². The molecule has 1 atom stereocenters. The summed E-state index contributed by atoms with van der Waals surface area (Å²) in [5.41, 5.74) is 9.76. The summed E-state index contributed by atoms with van der Waals surface area (Å²) in [7, 11) is 0. The normalized spacial score (nSPS) is 13.8. The third-order valence-electron chi connectivity index (χ3n) is 4.00. The van der Waals surface area contributed by atoms with Crippen molar-refractivity contribution in [3.8, 4) is 0 Å². The van der Waals surface area contributed by atoms with Crippen LogP contribution in [0.2, 0.25) is 0 Å². The van der Waals surface area contributed by atoms with Gasteiger partial charge in [-0.1, -0.05) is 55.5 Å². The first-order chi connectivity index (χ1) is 9.69. The quantitative estimate of drug-likeness (QED) is 0.837. The van der Waals surface area contributed by atoms with Gasteiger partial charge in [0.15, 0.2) is 0 Å². The predicted molar refractivity (Wildman–Crippen MR) is 87.0 cm³/mol. The van der Waals surface area contributed by atoms with Crippen molar-refractivity contribution in [3.05, 3.63) is 65.7 Å². The van der Waals surface area contributed by atoms with Crippen LogP contribution >= 0.6 is 0 Å². The Morgan fingerprint density at radius 1 is 1.00 bits per heavy atom. The number of benzene rings is 2. The molecule has 0 aromatic heterocycles. The van der Waals surface area contributed by atoms with Crippen molar-refractivity contribution in [3.63, 3.8) is 0 Å². The number of para-hydroxylation sites is 1. The van der Waals surface area contributed by atoms with Crippen LogP contribution in [0, 0.1) is 6.92 Å². The molecule has 0 bridgehead atoms. The summed E-state index contributed by atoms with van der Waals surface area (Å²) in [6.07, 6.45) is 1.93. The van der Waals surface area contributed by atoms with Crippen LogP contribution in [-0.4, -0.2) is 12.1 Å². The number of hydrogen-bond acceptors (Lipinski definition) is 2. The zero-order valence-corrected chi connectivity index (χ0v) is 12.4. The SMILES string of the molecule is CCC(CN)(Cc1ccccc1)Nc1ccccc1C. The molecule has 0 saturated heterocycles. The van der Waals surface area contributed by atoms with Crippen LogP contribution < -0.4 is 11.1 Å². The van der Waals surface area contributed by atoms with Gasteiger partial charge in [-0.05, 0) is 37.0 Å². The zero-order chi connectivity index (χ0) is 14.4. The molecule has 2 heteroatoms. The highest BCUT2D eigenvalue weighted by molar-refractivity contribution is 5.52. The summed E-state index contributed by atoms with van der Waals surface area (Å²) < 4.78 is 0. The van der Waals surface area contributed by atoms with Crippen LogP contribution in [0.15, 0.2) is 54.6 Å². The molecule has 20 heavy (non-hydrogen) atoms. The second-order valence-electron chi connectivity index (χ2n) is 5.44. The number of rotatable bonds is 6. The smallest absolute Gasteiger partial charge is 0.0533 e. The molecule has 0 aliphatic rings. The van der Waals surface area contributed by atoms with Crippen molar-refractivity contribution in [1.29, 1.82) is 0 Å². The molecule has 0 aliphatic heterocycles. The Bertz CT molecular complexity index is 530. The summed E-state index contributed by atoms with van der Waals surface area (Å²) >= 11 is 0. The van der Waals surface area contributed by atoms with Crippen molar-refractivity contribution >= 4 is 5.69 Å². The lowest BCUT2D eigenvalue weighted by Gasteiger charge is -2.34. The van der Waals surface area contributed by atoms with Gasteiger partial charge in [-0.15, -0.1) is 0 Å². The molecule has 3 N–H and O–H groups in total. The van der Waals surface area contributed by atoms with E-state index in [2.05, 4.69) is 67.7 Å². The second-order valence-corrected chi connectivity index (χ2v) is 5.44. The monoisotopic (exact) mass is 268 g/mol. The maximum atomic E-state index is 6.10.